The molecule has 0 aliphatic carbocycles. The van der Waals surface area contributed by atoms with Gasteiger partial charge in [-0.1, -0.05) is 48.5 Å². The third-order valence-electron chi connectivity index (χ3n) is 5.18. The van der Waals surface area contributed by atoms with Crippen molar-refractivity contribution in [1.82, 2.24) is 9.55 Å². The van der Waals surface area contributed by atoms with Crippen LogP contribution in [0.4, 0.5) is 11.6 Å². The fraction of sp³-hybridized carbons (Fsp3) is 0.250. The zero-order valence-electron chi connectivity index (χ0n) is 17.2. The second-order valence-electron chi connectivity index (χ2n) is 7.38. The number of carbonyl (C=O) groups excluding carboxylic acids is 1. The van der Waals surface area contributed by atoms with Crippen LogP contribution in [0.2, 0.25) is 0 Å². The molecular weight excluding hydrogens is 376 g/mol. The highest BCUT2D eigenvalue weighted by Gasteiger charge is 2.20. The molecule has 2 N–H and O–H groups in total. The van der Waals surface area contributed by atoms with Crippen LogP contribution < -0.4 is 10.2 Å². The summed E-state index contributed by atoms with van der Waals surface area (Å²) in [6.07, 6.45) is -0.517. The van der Waals surface area contributed by atoms with E-state index >= 15 is 0 Å². The topological polar surface area (TPSA) is 70.4 Å². The summed E-state index contributed by atoms with van der Waals surface area (Å²) in [5.41, 5.74) is 2.60. The molecule has 0 bridgehead atoms. The zero-order valence-corrected chi connectivity index (χ0v) is 17.2. The predicted octanol–water partition coefficient (Wildman–Crippen LogP) is 4.04. The average molecular weight is 402 g/mol. The van der Waals surface area contributed by atoms with E-state index in [0.29, 0.717) is 19.0 Å². The van der Waals surface area contributed by atoms with Crippen molar-refractivity contribution in [2.45, 2.75) is 26.5 Å². The van der Waals surface area contributed by atoms with Gasteiger partial charge in [0, 0.05) is 18.5 Å². The number of hydrogen-bond acceptors (Lipinski definition) is 4. The molecule has 1 heterocycles. The molecule has 3 aromatic carbocycles. The highest BCUT2D eigenvalue weighted by molar-refractivity contribution is 6.04. The number of carbonyl (C=O) groups is 1. The molecule has 4 aromatic rings. The molecule has 30 heavy (non-hydrogen) atoms. The van der Waals surface area contributed by atoms with Crippen molar-refractivity contribution >= 4 is 39.3 Å². The Kier molecular flexibility index (Phi) is 5.68. The molecule has 0 radical (unpaired) electrons. The van der Waals surface area contributed by atoms with Gasteiger partial charge in [0.15, 0.2) is 0 Å². The molecule has 0 aliphatic rings. The molecule has 1 unspecified atom stereocenters. The van der Waals surface area contributed by atoms with Gasteiger partial charge in [0.05, 0.1) is 22.8 Å². The first-order chi connectivity index (χ1) is 14.6. The summed E-state index contributed by atoms with van der Waals surface area (Å²) in [5.74, 6) is 0.566. The molecule has 0 spiro atoms. The average Bonchev–Trinajstić information content (AvgIpc) is 3.10. The van der Waals surface area contributed by atoms with Gasteiger partial charge in [0.25, 0.3) is 0 Å². The number of likely N-dealkylation sites (N-methyl/N-ethyl adjacent to an activating group) is 1. The number of benzene rings is 3. The Bertz CT molecular complexity index is 1180. The number of hydrogen-bond donors (Lipinski definition) is 2. The lowest BCUT2D eigenvalue weighted by molar-refractivity contribution is -0.119. The second-order valence-corrected chi connectivity index (χ2v) is 7.38. The first-order valence-electron chi connectivity index (χ1n) is 10.2. The molecule has 1 amide bonds. The van der Waals surface area contributed by atoms with E-state index in [4.69, 9.17) is 0 Å². The van der Waals surface area contributed by atoms with Gasteiger partial charge in [-0.25, -0.2) is 4.98 Å². The fourth-order valence-electron chi connectivity index (χ4n) is 3.75. The van der Waals surface area contributed by atoms with Crippen LogP contribution in [0.3, 0.4) is 0 Å². The standard InChI is InChI=1S/C24H26N4O2/c1-3-27(21-14-8-10-18-9-4-5-11-19(18)21)23(30)16-28-22-13-7-6-12-20(22)26-24(28)25-15-17(2)29/h4-14,17,29H,3,15-16H2,1-2H3,(H,25,26). The van der Waals surface area contributed by atoms with Gasteiger partial charge in [0.1, 0.15) is 6.54 Å². The molecule has 6 nitrogen and oxygen atoms in total. The Hall–Kier alpha value is -3.38. The van der Waals surface area contributed by atoms with Crippen molar-refractivity contribution in [3.63, 3.8) is 0 Å². The van der Waals surface area contributed by atoms with Crippen molar-refractivity contribution in [3.05, 3.63) is 66.7 Å². The first-order valence-corrected chi connectivity index (χ1v) is 10.2. The predicted molar refractivity (Wildman–Crippen MR) is 122 cm³/mol. The Morgan fingerprint density at radius 3 is 2.63 bits per heavy atom. The second kappa shape index (κ2) is 8.55. The van der Waals surface area contributed by atoms with E-state index in [1.165, 1.54) is 0 Å². The smallest absolute Gasteiger partial charge is 0.247 e. The van der Waals surface area contributed by atoms with Gasteiger partial charge >= 0.3 is 0 Å². The Morgan fingerprint density at radius 1 is 1.10 bits per heavy atom. The van der Waals surface area contributed by atoms with Gasteiger partial charge in [0.2, 0.25) is 11.9 Å². The van der Waals surface area contributed by atoms with E-state index in [1.54, 1.807) is 6.92 Å². The summed E-state index contributed by atoms with van der Waals surface area (Å²) in [7, 11) is 0. The SMILES string of the molecule is CCN(C(=O)Cn1c(NCC(C)O)nc2ccccc21)c1cccc2ccccc12. The molecule has 0 aliphatic heterocycles. The summed E-state index contributed by atoms with van der Waals surface area (Å²) in [4.78, 5) is 19.9. The highest BCUT2D eigenvalue weighted by atomic mass is 16.3. The lowest BCUT2D eigenvalue weighted by atomic mass is 10.1. The van der Waals surface area contributed by atoms with Crippen molar-refractivity contribution in [2.75, 3.05) is 23.3 Å². The Balaban J connectivity index is 1.70. The number of nitrogens with zero attached hydrogens (tertiary/aromatic N) is 3. The fourth-order valence-corrected chi connectivity index (χ4v) is 3.75. The van der Waals surface area contributed by atoms with E-state index < -0.39 is 6.10 Å². The maximum Gasteiger partial charge on any atom is 0.247 e. The number of amides is 1. The van der Waals surface area contributed by atoms with Crippen molar-refractivity contribution in [1.29, 1.82) is 0 Å². The summed E-state index contributed by atoms with van der Waals surface area (Å²) >= 11 is 0. The van der Waals surface area contributed by atoms with E-state index in [1.807, 2.05) is 71.0 Å². The first kappa shape index (κ1) is 19.9. The normalized spacial score (nSPS) is 12.2. The number of aliphatic hydroxyl groups is 1. The number of para-hydroxylation sites is 2. The lowest BCUT2D eigenvalue weighted by Crippen LogP contribution is -2.34. The van der Waals surface area contributed by atoms with Gasteiger partial charge in [-0.3, -0.25) is 4.79 Å². The lowest BCUT2D eigenvalue weighted by Gasteiger charge is -2.24. The number of rotatable bonds is 7. The molecule has 0 saturated carbocycles. The molecule has 154 valence electrons. The van der Waals surface area contributed by atoms with Gasteiger partial charge < -0.3 is 19.9 Å². The number of nitrogens with one attached hydrogen (secondary N) is 1. The molecule has 1 aromatic heterocycles. The summed E-state index contributed by atoms with van der Waals surface area (Å²) in [6, 6.07) is 21.9. The molecule has 4 rings (SSSR count). The van der Waals surface area contributed by atoms with Crippen LogP contribution in [0.1, 0.15) is 13.8 Å². The van der Waals surface area contributed by atoms with Crippen LogP contribution >= 0.6 is 0 Å². The quantitative estimate of drug-likeness (QED) is 0.490. The van der Waals surface area contributed by atoms with Gasteiger partial charge in [-0.15, -0.1) is 0 Å². The minimum absolute atomic E-state index is 0.0166. The minimum atomic E-state index is -0.517. The number of aliphatic hydroxyl groups excluding tert-OH is 1. The van der Waals surface area contributed by atoms with Gasteiger partial charge in [-0.05, 0) is 37.4 Å². The summed E-state index contributed by atoms with van der Waals surface area (Å²) in [5, 5.41) is 15.0. The van der Waals surface area contributed by atoms with Crippen molar-refractivity contribution in [2.24, 2.45) is 0 Å². The van der Waals surface area contributed by atoms with Crippen LogP contribution in [-0.2, 0) is 11.3 Å². The largest absolute Gasteiger partial charge is 0.392 e. The van der Waals surface area contributed by atoms with Crippen LogP contribution in [-0.4, -0.2) is 39.8 Å². The van der Waals surface area contributed by atoms with E-state index in [0.717, 1.165) is 27.5 Å². The summed E-state index contributed by atoms with van der Waals surface area (Å²) < 4.78 is 1.88. The minimum Gasteiger partial charge on any atom is -0.392 e. The zero-order chi connectivity index (χ0) is 21.1. The summed E-state index contributed by atoms with van der Waals surface area (Å²) in [6.45, 7) is 4.77. The van der Waals surface area contributed by atoms with Crippen LogP contribution in [0.5, 0.6) is 0 Å². The monoisotopic (exact) mass is 402 g/mol. The molecule has 1 atom stereocenters. The van der Waals surface area contributed by atoms with Crippen molar-refractivity contribution in [3.8, 4) is 0 Å². The maximum absolute atomic E-state index is 13.4. The highest BCUT2D eigenvalue weighted by Crippen LogP contribution is 2.28. The molecule has 0 saturated heterocycles. The molecule has 6 heteroatoms. The van der Waals surface area contributed by atoms with E-state index in [2.05, 4.69) is 22.4 Å². The Labute approximate surface area is 175 Å². The number of fused-ring (bicyclic) bond motifs is 2. The molecular formula is C24H26N4O2. The maximum atomic E-state index is 13.4. The number of anilines is 2. The molecule has 0 fully saturated rings. The third-order valence-corrected chi connectivity index (χ3v) is 5.18. The van der Waals surface area contributed by atoms with E-state index in [9.17, 15) is 9.90 Å². The van der Waals surface area contributed by atoms with Crippen LogP contribution in [0, 0.1) is 0 Å². The van der Waals surface area contributed by atoms with Crippen LogP contribution in [0.25, 0.3) is 21.8 Å². The Morgan fingerprint density at radius 2 is 1.83 bits per heavy atom. The van der Waals surface area contributed by atoms with Crippen LogP contribution in [0.15, 0.2) is 66.7 Å². The van der Waals surface area contributed by atoms with Crippen molar-refractivity contribution < 1.29 is 9.90 Å². The number of aromatic nitrogens is 2. The third kappa shape index (κ3) is 3.86. The van der Waals surface area contributed by atoms with Gasteiger partial charge in [-0.2, -0.15) is 0 Å². The number of imidazole rings is 1. The van der Waals surface area contributed by atoms with E-state index in [-0.39, 0.29) is 12.5 Å².